The van der Waals surface area contributed by atoms with Gasteiger partial charge in [0.1, 0.15) is 11.4 Å². The van der Waals surface area contributed by atoms with Gasteiger partial charge in [-0.05, 0) is 44.2 Å². The van der Waals surface area contributed by atoms with Gasteiger partial charge in [0.2, 0.25) is 0 Å². The van der Waals surface area contributed by atoms with Crippen LogP contribution in [0.4, 0.5) is 5.69 Å². The van der Waals surface area contributed by atoms with E-state index in [1.54, 1.807) is 7.11 Å². The molecule has 8 nitrogen and oxygen atoms in total. The summed E-state index contributed by atoms with van der Waals surface area (Å²) < 4.78 is 7.05. The Morgan fingerprint density at radius 2 is 1.79 bits per heavy atom. The fourth-order valence-corrected chi connectivity index (χ4v) is 3.83. The van der Waals surface area contributed by atoms with E-state index in [1.807, 2.05) is 48.7 Å². The number of nitrogens with zero attached hydrogens (tertiary/aromatic N) is 5. The van der Waals surface area contributed by atoms with Crippen LogP contribution in [0.1, 0.15) is 21.9 Å². The van der Waals surface area contributed by atoms with Gasteiger partial charge in [-0.2, -0.15) is 10.2 Å². The number of piperazine rings is 1. The van der Waals surface area contributed by atoms with E-state index in [4.69, 9.17) is 4.74 Å². The summed E-state index contributed by atoms with van der Waals surface area (Å²) in [5.74, 6) is 0.828. The van der Waals surface area contributed by atoms with E-state index in [1.165, 1.54) is 0 Å². The smallest absolute Gasteiger partial charge is 0.272 e. The zero-order valence-electron chi connectivity index (χ0n) is 17.3. The SMILES string of the molecule is COc1ccc(N2CCN(C(=O)c3cc(-c4c(C)nn(C)c4C)n[nH]3)CC2)cc1. The molecule has 1 saturated heterocycles. The van der Waals surface area contributed by atoms with Crippen LogP contribution >= 0.6 is 0 Å². The van der Waals surface area contributed by atoms with Gasteiger partial charge >= 0.3 is 0 Å². The van der Waals surface area contributed by atoms with E-state index in [9.17, 15) is 4.79 Å². The lowest BCUT2D eigenvalue weighted by molar-refractivity contribution is 0.0741. The van der Waals surface area contributed by atoms with Crippen LogP contribution in [0.5, 0.6) is 5.75 Å². The Morgan fingerprint density at radius 3 is 2.38 bits per heavy atom. The zero-order chi connectivity index (χ0) is 20.5. The van der Waals surface area contributed by atoms with Gasteiger partial charge in [0.15, 0.2) is 0 Å². The number of H-pyrrole nitrogens is 1. The molecular formula is C21H26N6O2. The number of ether oxygens (including phenoxy) is 1. The van der Waals surface area contributed by atoms with E-state index >= 15 is 0 Å². The second kappa shape index (κ2) is 7.62. The Labute approximate surface area is 170 Å². The monoisotopic (exact) mass is 394 g/mol. The highest BCUT2D eigenvalue weighted by molar-refractivity contribution is 5.93. The first-order chi connectivity index (χ1) is 14.0. The van der Waals surface area contributed by atoms with Crippen molar-refractivity contribution in [2.24, 2.45) is 7.05 Å². The van der Waals surface area contributed by atoms with E-state index in [0.29, 0.717) is 18.8 Å². The minimum atomic E-state index is -0.0164. The lowest BCUT2D eigenvalue weighted by Gasteiger charge is -2.35. The number of aryl methyl sites for hydroxylation is 2. The zero-order valence-corrected chi connectivity index (χ0v) is 17.3. The molecule has 0 unspecified atom stereocenters. The maximum absolute atomic E-state index is 12.9. The molecule has 0 aliphatic carbocycles. The van der Waals surface area contributed by atoms with Gasteiger partial charge in [-0.25, -0.2) is 0 Å². The minimum Gasteiger partial charge on any atom is -0.497 e. The molecule has 1 aromatic carbocycles. The van der Waals surface area contributed by atoms with Gasteiger partial charge in [0.25, 0.3) is 5.91 Å². The summed E-state index contributed by atoms with van der Waals surface area (Å²) in [4.78, 5) is 17.1. The van der Waals surface area contributed by atoms with Gasteiger partial charge in [0.05, 0.1) is 18.5 Å². The average molecular weight is 394 g/mol. The third-order valence-electron chi connectivity index (χ3n) is 5.58. The molecule has 29 heavy (non-hydrogen) atoms. The lowest BCUT2D eigenvalue weighted by atomic mass is 10.1. The Kier molecular flexibility index (Phi) is 5.00. The number of hydrogen-bond donors (Lipinski definition) is 1. The molecule has 1 amide bonds. The number of aromatic nitrogens is 4. The molecular weight excluding hydrogens is 368 g/mol. The van der Waals surface area contributed by atoms with E-state index < -0.39 is 0 Å². The summed E-state index contributed by atoms with van der Waals surface area (Å²) in [6.07, 6.45) is 0. The Balaban J connectivity index is 1.43. The first-order valence-corrected chi connectivity index (χ1v) is 9.72. The molecule has 0 saturated carbocycles. The molecule has 1 N–H and O–H groups in total. The number of nitrogens with one attached hydrogen (secondary N) is 1. The lowest BCUT2D eigenvalue weighted by Crippen LogP contribution is -2.48. The summed E-state index contributed by atoms with van der Waals surface area (Å²) in [5.41, 5.74) is 5.33. The Bertz CT molecular complexity index is 1010. The normalized spacial score (nSPS) is 14.3. The third kappa shape index (κ3) is 3.57. The summed E-state index contributed by atoms with van der Waals surface area (Å²) in [7, 11) is 3.57. The highest BCUT2D eigenvalue weighted by Crippen LogP contribution is 2.26. The van der Waals surface area contributed by atoms with Gasteiger partial charge in [-0.3, -0.25) is 14.6 Å². The quantitative estimate of drug-likeness (QED) is 0.735. The van der Waals surface area contributed by atoms with Crippen LogP contribution < -0.4 is 9.64 Å². The molecule has 0 atom stereocenters. The highest BCUT2D eigenvalue weighted by Gasteiger charge is 2.25. The number of hydrogen-bond acceptors (Lipinski definition) is 5. The van der Waals surface area contributed by atoms with E-state index in [-0.39, 0.29) is 5.91 Å². The number of anilines is 1. The van der Waals surface area contributed by atoms with Crippen LogP contribution in [0.2, 0.25) is 0 Å². The average Bonchev–Trinajstić information content (AvgIpc) is 3.32. The molecule has 2 aromatic heterocycles. The summed E-state index contributed by atoms with van der Waals surface area (Å²) in [6, 6.07) is 9.85. The van der Waals surface area contributed by atoms with Crippen LogP contribution in [-0.4, -0.2) is 64.1 Å². The number of amides is 1. The van der Waals surface area contributed by atoms with Crippen LogP contribution in [0.25, 0.3) is 11.3 Å². The molecule has 1 fully saturated rings. The number of methoxy groups -OCH3 is 1. The van der Waals surface area contributed by atoms with Gasteiger partial charge in [-0.1, -0.05) is 0 Å². The van der Waals surface area contributed by atoms with Crippen LogP contribution in [0.15, 0.2) is 30.3 Å². The molecule has 0 bridgehead atoms. The van der Waals surface area contributed by atoms with Crippen molar-refractivity contribution < 1.29 is 9.53 Å². The van der Waals surface area contributed by atoms with Crippen molar-refractivity contribution in [2.75, 3.05) is 38.2 Å². The molecule has 8 heteroatoms. The van der Waals surface area contributed by atoms with Gasteiger partial charge in [0, 0.05) is 50.2 Å². The van der Waals surface area contributed by atoms with Crippen LogP contribution in [-0.2, 0) is 7.05 Å². The number of benzene rings is 1. The number of carbonyl (C=O) groups is 1. The maximum Gasteiger partial charge on any atom is 0.272 e. The number of rotatable bonds is 4. The maximum atomic E-state index is 12.9. The first kappa shape index (κ1) is 19.0. The number of aromatic amines is 1. The predicted octanol–water partition coefficient (Wildman–Crippen LogP) is 2.40. The molecule has 0 radical (unpaired) electrons. The van der Waals surface area contributed by atoms with Crippen molar-refractivity contribution in [3.63, 3.8) is 0 Å². The van der Waals surface area contributed by atoms with E-state index in [2.05, 4.69) is 32.3 Å². The fraction of sp³-hybridized carbons (Fsp3) is 0.381. The van der Waals surface area contributed by atoms with E-state index in [0.717, 1.165) is 47.2 Å². The fourth-order valence-electron chi connectivity index (χ4n) is 3.83. The molecule has 0 spiro atoms. The largest absolute Gasteiger partial charge is 0.497 e. The summed E-state index contributed by atoms with van der Waals surface area (Å²) >= 11 is 0. The number of carbonyl (C=O) groups excluding carboxylic acids is 1. The Hall–Kier alpha value is -3.29. The predicted molar refractivity (Wildman–Crippen MR) is 111 cm³/mol. The molecule has 1 aliphatic heterocycles. The van der Waals surface area contributed by atoms with Crippen molar-refractivity contribution >= 4 is 11.6 Å². The summed E-state index contributed by atoms with van der Waals surface area (Å²) in [6.45, 7) is 6.88. The van der Waals surface area contributed by atoms with Gasteiger partial charge in [-0.15, -0.1) is 0 Å². The molecule has 1 aliphatic rings. The molecule has 152 valence electrons. The van der Waals surface area contributed by atoms with Crippen molar-refractivity contribution in [3.05, 3.63) is 47.4 Å². The highest BCUT2D eigenvalue weighted by atomic mass is 16.5. The molecule has 3 aromatic rings. The van der Waals surface area contributed by atoms with Crippen molar-refractivity contribution in [1.29, 1.82) is 0 Å². The first-order valence-electron chi connectivity index (χ1n) is 9.72. The molecule has 4 rings (SSSR count). The summed E-state index contributed by atoms with van der Waals surface area (Å²) in [5, 5.41) is 11.7. The molecule has 3 heterocycles. The third-order valence-corrected chi connectivity index (χ3v) is 5.58. The van der Waals surface area contributed by atoms with Crippen molar-refractivity contribution in [1.82, 2.24) is 24.9 Å². The van der Waals surface area contributed by atoms with Crippen LogP contribution in [0.3, 0.4) is 0 Å². The van der Waals surface area contributed by atoms with Crippen molar-refractivity contribution in [3.8, 4) is 17.0 Å². The van der Waals surface area contributed by atoms with Crippen molar-refractivity contribution in [2.45, 2.75) is 13.8 Å². The second-order valence-electron chi connectivity index (χ2n) is 7.31. The standard InChI is InChI=1S/C21H26N6O2/c1-14-20(15(2)25(3)24-14)18-13-19(23-22-18)21(28)27-11-9-26(10-12-27)16-5-7-17(29-4)8-6-16/h5-8,13H,9-12H2,1-4H3,(H,22,23). The Morgan fingerprint density at radius 1 is 1.10 bits per heavy atom. The second-order valence-corrected chi connectivity index (χ2v) is 7.31. The van der Waals surface area contributed by atoms with Crippen LogP contribution in [0, 0.1) is 13.8 Å². The minimum absolute atomic E-state index is 0.0164. The topological polar surface area (TPSA) is 79.3 Å². The van der Waals surface area contributed by atoms with Gasteiger partial charge < -0.3 is 14.5 Å².